The zero-order valence-electron chi connectivity index (χ0n) is 23.5. The summed E-state index contributed by atoms with van der Waals surface area (Å²) in [6.45, 7) is 6.34. The number of methoxy groups -OCH3 is 1. The Morgan fingerprint density at radius 1 is 1.12 bits per heavy atom. The molecule has 41 heavy (non-hydrogen) atoms. The summed E-state index contributed by atoms with van der Waals surface area (Å²) in [5.41, 5.74) is 3.33. The summed E-state index contributed by atoms with van der Waals surface area (Å²) in [7, 11) is -2.67. The molecule has 9 nitrogen and oxygen atoms in total. The summed E-state index contributed by atoms with van der Waals surface area (Å²) in [5, 5.41) is 10.1. The predicted molar refractivity (Wildman–Crippen MR) is 160 cm³/mol. The third kappa shape index (κ3) is 7.20. The highest BCUT2D eigenvalue weighted by Gasteiger charge is 2.48. The van der Waals surface area contributed by atoms with Crippen LogP contribution in [0.4, 0.5) is 5.69 Å². The van der Waals surface area contributed by atoms with E-state index in [2.05, 4.69) is 15.9 Å². The Bertz CT molecular complexity index is 1360. The lowest BCUT2D eigenvalue weighted by Crippen LogP contribution is -2.51. The molecule has 0 saturated carbocycles. The number of anilines is 1. The summed E-state index contributed by atoms with van der Waals surface area (Å²) in [4.78, 5) is 17.4. The van der Waals surface area contributed by atoms with Crippen LogP contribution in [0.5, 0.6) is 0 Å². The van der Waals surface area contributed by atoms with Crippen molar-refractivity contribution < 1.29 is 27.9 Å². The van der Waals surface area contributed by atoms with Crippen molar-refractivity contribution in [3.05, 3.63) is 88.3 Å². The molecule has 1 aliphatic heterocycles. The first kappa shape index (κ1) is 31.2. The first-order valence-electron chi connectivity index (χ1n) is 13.7. The number of amides is 1. The van der Waals surface area contributed by atoms with Crippen LogP contribution in [0.25, 0.3) is 0 Å². The molecule has 0 bridgehead atoms. The Labute approximate surface area is 247 Å². The van der Waals surface area contributed by atoms with Gasteiger partial charge in [0.1, 0.15) is 0 Å². The van der Waals surface area contributed by atoms with Crippen molar-refractivity contribution in [1.29, 1.82) is 0 Å². The lowest BCUT2D eigenvalue weighted by Gasteiger charge is -2.36. The van der Waals surface area contributed by atoms with Gasteiger partial charge in [-0.05, 0) is 49.3 Å². The van der Waals surface area contributed by atoms with Gasteiger partial charge in [0.15, 0.2) is 20.4 Å². The average Bonchev–Trinajstić information content (AvgIpc) is 2.99. The molecule has 1 heterocycles. The van der Waals surface area contributed by atoms with Crippen LogP contribution in [0, 0.1) is 0 Å². The molecule has 11 heteroatoms. The SMILES string of the molecule is COC1(OCCCN2CCN(c3cccc(Cl)c3)CC2)C=CC(S(=O)(=O)C(C)(Cc2ccccc2)C(=O)NO)=CC1. The number of carbonyl (C=O) groups excluding carboxylic acids is 1. The number of ether oxygens (including phenoxy) is 2. The van der Waals surface area contributed by atoms with Crippen molar-refractivity contribution in [2.24, 2.45) is 0 Å². The summed E-state index contributed by atoms with van der Waals surface area (Å²) >= 11 is 6.14. The predicted octanol–water partition coefficient (Wildman–Crippen LogP) is 3.98. The van der Waals surface area contributed by atoms with Crippen LogP contribution in [0.1, 0.15) is 25.3 Å². The fourth-order valence-electron chi connectivity index (χ4n) is 5.20. The van der Waals surface area contributed by atoms with Crippen LogP contribution in [0.2, 0.25) is 5.02 Å². The van der Waals surface area contributed by atoms with Crippen molar-refractivity contribution >= 4 is 33.0 Å². The lowest BCUT2D eigenvalue weighted by molar-refractivity contribution is -0.187. The van der Waals surface area contributed by atoms with Gasteiger partial charge < -0.3 is 14.4 Å². The number of benzene rings is 2. The summed E-state index contributed by atoms with van der Waals surface area (Å²) in [6.07, 6.45) is 5.37. The highest BCUT2D eigenvalue weighted by molar-refractivity contribution is 7.97. The number of nitrogens with one attached hydrogen (secondary N) is 1. The van der Waals surface area contributed by atoms with E-state index in [4.69, 9.17) is 21.1 Å². The first-order valence-corrected chi connectivity index (χ1v) is 15.5. The molecule has 0 radical (unpaired) electrons. The minimum atomic E-state index is -4.19. The molecule has 0 aromatic heterocycles. The van der Waals surface area contributed by atoms with Gasteiger partial charge >= 0.3 is 0 Å². The Hall–Kier alpha value is -2.73. The number of allylic oxidation sites excluding steroid dienone is 1. The number of piperazine rings is 1. The van der Waals surface area contributed by atoms with Gasteiger partial charge in [-0.1, -0.05) is 54.1 Å². The van der Waals surface area contributed by atoms with Crippen LogP contribution >= 0.6 is 11.6 Å². The smallest absolute Gasteiger partial charge is 0.265 e. The minimum Gasteiger partial charge on any atom is -0.369 e. The van der Waals surface area contributed by atoms with Crippen LogP contribution < -0.4 is 10.4 Å². The number of hydrogen-bond donors (Lipinski definition) is 2. The van der Waals surface area contributed by atoms with Gasteiger partial charge in [-0.2, -0.15) is 0 Å². The fourth-order valence-corrected chi connectivity index (χ4v) is 7.10. The molecule has 2 atom stereocenters. The average molecular weight is 604 g/mol. The van der Waals surface area contributed by atoms with E-state index >= 15 is 0 Å². The zero-order chi connectivity index (χ0) is 29.5. The molecule has 4 rings (SSSR count). The second-order valence-corrected chi connectivity index (χ2v) is 13.3. The summed E-state index contributed by atoms with van der Waals surface area (Å²) in [6, 6.07) is 16.7. The van der Waals surface area contributed by atoms with E-state index in [9.17, 15) is 18.4 Å². The molecule has 2 aromatic rings. The molecule has 1 saturated heterocycles. The maximum absolute atomic E-state index is 13.7. The summed E-state index contributed by atoms with van der Waals surface area (Å²) < 4.78 is 37.2. The van der Waals surface area contributed by atoms with Gasteiger partial charge in [0, 0.05) is 63.4 Å². The molecule has 1 aliphatic carbocycles. The van der Waals surface area contributed by atoms with Crippen molar-refractivity contribution in [2.75, 3.05) is 51.3 Å². The topological polar surface area (TPSA) is 108 Å². The van der Waals surface area contributed by atoms with Gasteiger partial charge in [-0.3, -0.25) is 14.9 Å². The van der Waals surface area contributed by atoms with Crippen molar-refractivity contribution in [2.45, 2.75) is 36.7 Å². The van der Waals surface area contributed by atoms with Crippen molar-refractivity contribution in [3.8, 4) is 0 Å². The molecule has 1 amide bonds. The van der Waals surface area contributed by atoms with Crippen LogP contribution in [0.3, 0.4) is 0 Å². The Kier molecular flexibility index (Phi) is 10.3. The molecular weight excluding hydrogens is 566 g/mol. The number of carbonyl (C=O) groups is 1. The van der Waals surface area contributed by atoms with Gasteiger partial charge in [-0.15, -0.1) is 0 Å². The molecular formula is C30H38ClN3O6S. The molecule has 1 fully saturated rings. The largest absolute Gasteiger partial charge is 0.369 e. The number of hydrogen-bond acceptors (Lipinski definition) is 8. The van der Waals surface area contributed by atoms with E-state index in [-0.39, 0.29) is 17.7 Å². The third-order valence-electron chi connectivity index (χ3n) is 7.82. The Balaban J connectivity index is 1.31. The fraction of sp³-hybridized carbons (Fsp3) is 0.433. The van der Waals surface area contributed by atoms with Crippen LogP contribution in [-0.2, 0) is 30.5 Å². The Morgan fingerprint density at radius 2 is 1.85 bits per heavy atom. The lowest BCUT2D eigenvalue weighted by atomic mass is 10.00. The van der Waals surface area contributed by atoms with E-state index in [1.807, 2.05) is 18.2 Å². The van der Waals surface area contributed by atoms with E-state index < -0.39 is 26.3 Å². The van der Waals surface area contributed by atoms with Crippen LogP contribution in [0.15, 0.2) is 77.7 Å². The minimum absolute atomic E-state index is 0.0200. The molecule has 2 unspecified atom stereocenters. The van der Waals surface area contributed by atoms with Gasteiger partial charge in [0.05, 0.1) is 11.5 Å². The molecule has 0 spiro atoms. The number of sulfone groups is 1. The number of hydroxylamine groups is 1. The van der Waals surface area contributed by atoms with Crippen molar-refractivity contribution in [3.63, 3.8) is 0 Å². The third-order valence-corrected chi connectivity index (χ3v) is 10.5. The second kappa shape index (κ2) is 13.5. The standard InChI is InChI=1S/C30H38ClN3O6S/c1-29(28(35)32-36,23-24-8-4-3-5-9-24)41(37,38)27-12-14-30(39-2,15-13-27)40-21-7-16-33-17-19-34(20-18-33)26-11-6-10-25(31)22-26/h3-6,8-14,22,36H,7,15-21,23H2,1-2H3,(H,32,35). The normalized spacial score (nSPS) is 21.3. The second-order valence-electron chi connectivity index (χ2n) is 10.5. The first-order chi connectivity index (χ1) is 19.6. The van der Waals surface area contributed by atoms with Gasteiger partial charge in [0.2, 0.25) is 0 Å². The highest BCUT2D eigenvalue weighted by atomic mass is 35.5. The van der Waals surface area contributed by atoms with Gasteiger partial charge in [0.25, 0.3) is 5.91 Å². The van der Waals surface area contributed by atoms with E-state index in [1.165, 1.54) is 26.2 Å². The van der Waals surface area contributed by atoms with Crippen LogP contribution in [-0.4, -0.2) is 81.4 Å². The maximum Gasteiger partial charge on any atom is 0.265 e. The number of nitrogens with zero attached hydrogens (tertiary/aromatic N) is 2. The zero-order valence-corrected chi connectivity index (χ0v) is 25.0. The molecule has 2 N–H and O–H groups in total. The monoisotopic (exact) mass is 603 g/mol. The Morgan fingerprint density at radius 3 is 2.46 bits per heavy atom. The quantitative estimate of drug-likeness (QED) is 0.162. The summed E-state index contributed by atoms with van der Waals surface area (Å²) in [5.74, 6) is -2.09. The molecule has 2 aromatic carbocycles. The van der Waals surface area contributed by atoms with E-state index in [0.717, 1.165) is 49.9 Å². The molecule has 222 valence electrons. The van der Waals surface area contributed by atoms with Gasteiger partial charge in [-0.25, -0.2) is 13.9 Å². The number of halogens is 1. The molecule has 2 aliphatic rings. The number of rotatable bonds is 12. The van der Waals surface area contributed by atoms with Crippen molar-refractivity contribution in [1.82, 2.24) is 10.4 Å². The maximum atomic E-state index is 13.7. The van der Waals surface area contributed by atoms with E-state index in [1.54, 1.807) is 41.9 Å². The van der Waals surface area contributed by atoms with E-state index in [0.29, 0.717) is 12.2 Å². The highest BCUT2D eigenvalue weighted by Crippen LogP contribution is 2.35.